The van der Waals surface area contributed by atoms with Gasteiger partial charge in [0.2, 0.25) is 0 Å². The fourth-order valence-corrected chi connectivity index (χ4v) is 1.63. The first-order valence-corrected chi connectivity index (χ1v) is 5.83. The lowest BCUT2D eigenvalue weighted by atomic mass is 10.1. The number of para-hydroxylation sites is 1. The molecule has 0 heterocycles. The van der Waals surface area contributed by atoms with Gasteiger partial charge in [0.25, 0.3) is 0 Å². The summed E-state index contributed by atoms with van der Waals surface area (Å²) < 4.78 is 31.4. The molecule has 0 aliphatic rings. The Bertz CT molecular complexity index is 568. The summed E-state index contributed by atoms with van der Waals surface area (Å²) in [5.74, 6) is -1.30. The molecular formula is C15H12F2O2. The minimum atomic E-state index is -0.843. The van der Waals surface area contributed by atoms with Gasteiger partial charge in [-0.05, 0) is 24.3 Å². The zero-order chi connectivity index (χ0) is 13.7. The Morgan fingerprint density at radius 1 is 1.05 bits per heavy atom. The largest absolute Gasteiger partial charge is 0.493 e. The smallest absolute Gasteiger partial charge is 0.169 e. The van der Waals surface area contributed by atoms with Crippen LogP contribution in [0.1, 0.15) is 16.8 Å². The van der Waals surface area contributed by atoms with Crippen molar-refractivity contribution < 1.29 is 18.3 Å². The van der Waals surface area contributed by atoms with Crippen LogP contribution in [0, 0.1) is 11.6 Å². The number of benzene rings is 2. The Morgan fingerprint density at radius 2 is 1.79 bits per heavy atom. The van der Waals surface area contributed by atoms with Crippen molar-refractivity contribution in [3.8, 4) is 5.75 Å². The second-order valence-electron chi connectivity index (χ2n) is 3.96. The van der Waals surface area contributed by atoms with Crippen molar-refractivity contribution in [2.75, 3.05) is 6.61 Å². The van der Waals surface area contributed by atoms with Crippen molar-refractivity contribution in [3.05, 3.63) is 65.7 Å². The number of Topliss-reactive ketones (excluding diaryl/α,β-unsaturated/α-hetero) is 1. The van der Waals surface area contributed by atoms with Crippen molar-refractivity contribution >= 4 is 5.78 Å². The highest BCUT2D eigenvalue weighted by Crippen LogP contribution is 2.13. The third kappa shape index (κ3) is 3.61. The summed E-state index contributed by atoms with van der Waals surface area (Å²) in [5.41, 5.74) is -0.113. The lowest BCUT2D eigenvalue weighted by Gasteiger charge is -2.06. The van der Waals surface area contributed by atoms with Gasteiger partial charge >= 0.3 is 0 Å². The van der Waals surface area contributed by atoms with E-state index in [4.69, 9.17) is 4.74 Å². The number of rotatable bonds is 5. The third-order valence-corrected chi connectivity index (χ3v) is 2.57. The lowest BCUT2D eigenvalue weighted by molar-refractivity contribution is 0.0958. The van der Waals surface area contributed by atoms with Gasteiger partial charge in [-0.25, -0.2) is 8.78 Å². The van der Waals surface area contributed by atoms with Gasteiger partial charge in [-0.3, -0.25) is 4.79 Å². The van der Waals surface area contributed by atoms with Gasteiger partial charge < -0.3 is 4.74 Å². The molecule has 4 heteroatoms. The van der Waals surface area contributed by atoms with Crippen molar-refractivity contribution in [1.82, 2.24) is 0 Å². The highest BCUT2D eigenvalue weighted by Gasteiger charge is 2.12. The molecule has 0 spiro atoms. The molecule has 0 radical (unpaired) electrons. The van der Waals surface area contributed by atoms with Crippen LogP contribution in [0.4, 0.5) is 8.78 Å². The number of ketones is 1. The van der Waals surface area contributed by atoms with E-state index in [1.165, 1.54) is 0 Å². The second-order valence-corrected chi connectivity index (χ2v) is 3.96. The van der Waals surface area contributed by atoms with E-state index < -0.39 is 17.4 Å². The van der Waals surface area contributed by atoms with Crippen LogP contribution in [0.3, 0.4) is 0 Å². The molecule has 0 amide bonds. The van der Waals surface area contributed by atoms with Gasteiger partial charge in [0.15, 0.2) is 5.78 Å². The Morgan fingerprint density at radius 3 is 2.47 bits per heavy atom. The van der Waals surface area contributed by atoms with Crippen molar-refractivity contribution in [2.24, 2.45) is 0 Å². The van der Waals surface area contributed by atoms with Gasteiger partial charge in [-0.1, -0.05) is 18.2 Å². The van der Waals surface area contributed by atoms with Crippen molar-refractivity contribution in [2.45, 2.75) is 6.42 Å². The predicted molar refractivity (Wildman–Crippen MR) is 67.2 cm³/mol. The first-order valence-electron chi connectivity index (χ1n) is 5.83. The molecule has 98 valence electrons. The molecular weight excluding hydrogens is 250 g/mol. The van der Waals surface area contributed by atoms with E-state index in [0.29, 0.717) is 11.8 Å². The quantitative estimate of drug-likeness (QED) is 0.769. The number of halogens is 2. The van der Waals surface area contributed by atoms with E-state index in [0.717, 1.165) is 12.1 Å². The molecule has 0 atom stereocenters. The molecule has 2 aromatic rings. The van der Waals surface area contributed by atoms with Crippen LogP contribution >= 0.6 is 0 Å². The van der Waals surface area contributed by atoms with Crippen LogP contribution in [-0.4, -0.2) is 12.4 Å². The highest BCUT2D eigenvalue weighted by molar-refractivity contribution is 5.96. The molecule has 19 heavy (non-hydrogen) atoms. The first-order chi connectivity index (χ1) is 9.16. The van der Waals surface area contributed by atoms with Crippen LogP contribution in [0.15, 0.2) is 48.5 Å². The standard InChI is InChI=1S/C15H12F2O2/c16-11-6-7-13(14(17)10-11)15(18)8-9-19-12-4-2-1-3-5-12/h1-7,10H,8-9H2. The van der Waals surface area contributed by atoms with E-state index in [9.17, 15) is 13.6 Å². The van der Waals surface area contributed by atoms with Gasteiger partial charge in [-0.2, -0.15) is 0 Å². The Kier molecular flexibility index (Phi) is 4.23. The molecule has 2 nitrogen and oxygen atoms in total. The van der Waals surface area contributed by atoms with Crippen LogP contribution in [0.25, 0.3) is 0 Å². The molecule has 0 bridgehead atoms. The van der Waals surface area contributed by atoms with Crippen LogP contribution in [0.2, 0.25) is 0 Å². The van der Waals surface area contributed by atoms with Gasteiger partial charge in [0.05, 0.1) is 12.2 Å². The molecule has 0 unspecified atom stereocenters. The summed E-state index contributed by atoms with van der Waals surface area (Å²) in [6.07, 6.45) is 0.0391. The molecule has 0 aliphatic carbocycles. The fourth-order valence-electron chi connectivity index (χ4n) is 1.63. The minimum absolute atomic E-state index is 0.0391. The summed E-state index contributed by atoms with van der Waals surface area (Å²) in [6.45, 7) is 0.152. The number of hydrogen-bond acceptors (Lipinski definition) is 2. The molecule has 2 rings (SSSR count). The first kappa shape index (κ1) is 13.2. The number of carbonyl (C=O) groups is 1. The summed E-state index contributed by atoms with van der Waals surface area (Å²) in [5, 5.41) is 0. The summed E-state index contributed by atoms with van der Waals surface area (Å²) in [4.78, 5) is 11.7. The van der Waals surface area contributed by atoms with E-state index >= 15 is 0 Å². The molecule has 0 saturated carbocycles. The van der Waals surface area contributed by atoms with Crippen LogP contribution < -0.4 is 4.74 Å². The van der Waals surface area contributed by atoms with E-state index in [1.807, 2.05) is 18.2 Å². The monoisotopic (exact) mass is 262 g/mol. The van der Waals surface area contributed by atoms with E-state index in [-0.39, 0.29) is 18.6 Å². The summed E-state index contributed by atoms with van der Waals surface area (Å²) in [6, 6.07) is 11.9. The molecule has 0 saturated heterocycles. The zero-order valence-electron chi connectivity index (χ0n) is 10.1. The maximum atomic E-state index is 13.3. The van der Waals surface area contributed by atoms with E-state index in [2.05, 4.69) is 0 Å². The lowest BCUT2D eigenvalue weighted by Crippen LogP contribution is -2.08. The molecule has 2 aromatic carbocycles. The van der Waals surface area contributed by atoms with E-state index in [1.54, 1.807) is 12.1 Å². The van der Waals surface area contributed by atoms with Gasteiger partial charge in [0.1, 0.15) is 17.4 Å². The fraction of sp³-hybridized carbons (Fsp3) is 0.133. The number of carbonyl (C=O) groups excluding carboxylic acids is 1. The Balaban J connectivity index is 1.91. The summed E-state index contributed by atoms with van der Waals surface area (Å²) in [7, 11) is 0. The maximum absolute atomic E-state index is 13.3. The second kappa shape index (κ2) is 6.09. The summed E-state index contributed by atoms with van der Waals surface area (Å²) >= 11 is 0. The highest BCUT2D eigenvalue weighted by atomic mass is 19.1. The van der Waals surface area contributed by atoms with Crippen LogP contribution in [0.5, 0.6) is 5.75 Å². The van der Waals surface area contributed by atoms with Gasteiger partial charge in [-0.15, -0.1) is 0 Å². The zero-order valence-corrected chi connectivity index (χ0v) is 10.1. The van der Waals surface area contributed by atoms with Crippen molar-refractivity contribution in [3.63, 3.8) is 0 Å². The van der Waals surface area contributed by atoms with Crippen molar-refractivity contribution in [1.29, 1.82) is 0 Å². The Labute approximate surface area is 109 Å². The average molecular weight is 262 g/mol. The average Bonchev–Trinajstić information content (AvgIpc) is 2.39. The molecule has 0 aromatic heterocycles. The topological polar surface area (TPSA) is 26.3 Å². The Hall–Kier alpha value is -2.23. The normalized spacial score (nSPS) is 10.2. The number of hydrogen-bond donors (Lipinski definition) is 0. The maximum Gasteiger partial charge on any atom is 0.169 e. The van der Waals surface area contributed by atoms with Crippen LogP contribution in [-0.2, 0) is 0 Å². The van der Waals surface area contributed by atoms with Gasteiger partial charge in [0, 0.05) is 12.5 Å². The molecule has 0 N–H and O–H groups in total. The molecule has 0 fully saturated rings. The minimum Gasteiger partial charge on any atom is -0.493 e. The molecule has 0 aliphatic heterocycles. The SMILES string of the molecule is O=C(CCOc1ccccc1)c1ccc(F)cc1F. The third-order valence-electron chi connectivity index (χ3n) is 2.57. The number of ether oxygens (including phenoxy) is 1. The predicted octanol–water partition coefficient (Wildman–Crippen LogP) is 3.62.